The highest BCUT2D eigenvalue weighted by molar-refractivity contribution is 8.13. The van der Waals surface area contributed by atoms with E-state index in [1.54, 1.807) is 0 Å². The van der Waals surface area contributed by atoms with Gasteiger partial charge in [-0.2, -0.15) is 0 Å². The van der Waals surface area contributed by atoms with Gasteiger partial charge in [-0.3, -0.25) is 9.59 Å². The van der Waals surface area contributed by atoms with Crippen molar-refractivity contribution in [3.63, 3.8) is 0 Å². The molecule has 0 bridgehead atoms. The van der Waals surface area contributed by atoms with Crippen molar-refractivity contribution in [2.24, 2.45) is 5.92 Å². The summed E-state index contributed by atoms with van der Waals surface area (Å²) in [5.74, 6) is 1.62. The smallest absolute Gasteiger partial charge is 0.281 e. The fourth-order valence-corrected chi connectivity index (χ4v) is 3.57. The van der Waals surface area contributed by atoms with Gasteiger partial charge in [-0.1, -0.05) is 32.0 Å². The van der Waals surface area contributed by atoms with Crippen molar-refractivity contribution in [2.75, 3.05) is 18.8 Å². The van der Waals surface area contributed by atoms with E-state index in [4.69, 9.17) is 0 Å². The molecule has 2 rings (SSSR count). The van der Waals surface area contributed by atoms with Crippen molar-refractivity contribution in [3.8, 4) is 0 Å². The molecule has 0 aromatic rings. The van der Waals surface area contributed by atoms with Crippen LogP contribution in [0.3, 0.4) is 0 Å². The van der Waals surface area contributed by atoms with Crippen LogP contribution in [0.2, 0.25) is 0 Å². The molecule has 0 spiro atoms. The highest BCUT2D eigenvalue weighted by Crippen LogP contribution is 2.32. The van der Waals surface area contributed by atoms with Crippen LogP contribution in [0.5, 0.6) is 0 Å². The summed E-state index contributed by atoms with van der Waals surface area (Å²) in [6.07, 6.45) is 3.86. The van der Waals surface area contributed by atoms with Gasteiger partial charge in [-0.05, 0) is 25.7 Å². The number of amides is 2. The van der Waals surface area contributed by atoms with E-state index in [2.05, 4.69) is 25.7 Å². The minimum atomic E-state index is 0.130. The molecule has 1 saturated heterocycles. The van der Waals surface area contributed by atoms with Gasteiger partial charge < -0.3 is 9.80 Å². The standard InChI is InChI=1S/C15H26N2O2S/c1-4-11(2)12(3)17(13-5-6-13)14(18)7-8-16-9-10-20-15(16)19/h11-13H,4-10H2,1-3H3/t11-,12-/m0/s1. The molecule has 20 heavy (non-hydrogen) atoms. The van der Waals surface area contributed by atoms with Crippen molar-refractivity contribution >= 4 is 22.9 Å². The summed E-state index contributed by atoms with van der Waals surface area (Å²) in [7, 11) is 0. The molecule has 0 N–H and O–H groups in total. The highest BCUT2D eigenvalue weighted by atomic mass is 32.2. The van der Waals surface area contributed by atoms with Crippen LogP contribution in [0.25, 0.3) is 0 Å². The third-order valence-electron chi connectivity index (χ3n) is 4.58. The molecular weight excluding hydrogens is 272 g/mol. The topological polar surface area (TPSA) is 40.6 Å². The maximum atomic E-state index is 12.5. The molecule has 0 aromatic heterocycles. The van der Waals surface area contributed by atoms with Gasteiger partial charge in [0.05, 0.1) is 0 Å². The Morgan fingerprint density at radius 2 is 2.15 bits per heavy atom. The van der Waals surface area contributed by atoms with Crippen LogP contribution in [0, 0.1) is 5.92 Å². The number of hydrogen-bond acceptors (Lipinski definition) is 3. The molecule has 1 saturated carbocycles. The largest absolute Gasteiger partial charge is 0.337 e. The molecule has 0 radical (unpaired) electrons. The molecule has 2 atom stereocenters. The Labute approximate surface area is 126 Å². The Morgan fingerprint density at radius 3 is 2.65 bits per heavy atom. The Bertz CT molecular complexity index is 371. The van der Waals surface area contributed by atoms with Crippen LogP contribution in [-0.2, 0) is 4.79 Å². The molecule has 1 aliphatic carbocycles. The van der Waals surface area contributed by atoms with E-state index in [0.29, 0.717) is 31.0 Å². The lowest BCUT2D eigenvalue weighted by Gasteiger charge is -2.33. The predicted octanol–water partition coefficient (Wildman–Crippen LogP) is 2.97. The van der Waals surface area contributed by atoms with Gasteiger partial charge in [0.25, 0.3) is 5.24 Å². The lowest BCUT2D eigenvalue weighted by molar-refractivity contribution is -0.135. The Balaban J connectivity index is 1.88. The molecule has 0 unspecified atom stereocenters. The first kappa shape index (κ1) is 15.7. The number of thioether (sulfide) groups is 1. The zero-order valence-corrected chi connectivity index (χ0v) is 13.6. The highest BCUT2D eigenvalue weighted by Gasteiger charge is 2.37. The predicted molar refractivity (Wildman–Crippen MR) is 82.8 cm³/mol. The van der Waals surface area contributed by atoms with Crippen molar-refractivity contribution in [1.82, 2.24) is 9.80 Å². The lowest BCUT2D eigenvalue weighted by Crippen LogP contribution is -2.44. The Hall–Kier alpha value is -0.710. The minimum Gasteiger partial charge on any atom is -0.337 e. The van der Waals surface area contributed by atoms with E-state index < -0.39 is 0 Å². The first-order valence-corrected chi connectivity index (χ1v) is 8.76. The van der Waals surface area contributed by atoms with Crippen LogP contribution >= 0.6 is 11.8 Å². The number of carbonyl (C=O) groups is 2. The van der Waals surface area contributed by atoms with E-state index >= 15 is 0 Å². The van der Waals surface area contributed by atoms with Crippen molar-refractivity contribution in [1.29, 1.82) is 0 Å². The third-order valence-corrected chi connectivity index (χ3v) is 5.47. The number of rotatable bonds is 7. The average Bonchev–Trinajstić information content (AvgIpc) is 3.18. The molecule has 2 amide bonds. The van der Waals surface area contributed by atoms with Gasteiger partial charge in [0.15, 0.2) is 0 Å². The number of carbonyl (C=O) groups excluding carboxylic acids is 2. The quantitative estimate of drug-likeness (QED) is 0.725. The number of hydrogen-bond donors (Lipinski definition) is 0. The fourth-order valence-electron chi connectivity index (χ4n) is 2.72. The average molecular weight is 298 g/mol. The summed E-state index contributed by atoms with van der Waals surface area (Å²) in [6.45, 7) is 7.94. The van der Waals surface area contributed by atoms with Gasteiger partial charge in [-0.25, -0.2) is 0 Å². The second-order valence-electron chi connectivity index (χ2n) is 6.01. The molecule has 1 heterocycles. The lowest BCUT2D eigenvalue weighted by atomic mass is 9.98. The first-order valence-electron chi connectivity index (χ1n) is 7.77. The minimum absolute atomic E-state index is 0.130. The Morgan fingerprint density at radius 1 is 1.45 bits per heavy atom. The van der Waals surface area contributed by atoms with Crippen molar-refractivity contribution < 1.29 is 9.59 Å². The monoisotopic (exact) mass is 298 g/mol. The maximum Gasteiger partial charge on any atom is 0.281 e. The Kier molecular flexibility index (Phi) is 5.35. The van der Waals surface area contributed by atoms with Crippen molar-refractivity contribution in [3.05, 3.63) is 0 Å². The zero-order chi connectivity index (χ0) is 14.7. The van der Waals surface area contributed by atoms with E-state index in [1.807, 2.05) is 4.90 Å². The molecule has 2 aliphatic rings. The van der Waals surface area contributed by atoms with Gasteiger partial charge in [0.1, 0.15) is 0 Å². The van der Waals surface area contributed by atoms with Gasteiger partial charge in [0.2, 0.25) is 5.91 Å². The summed E-state index contributed by atoms with van der Waals surface area (Å²) >= 11 is 1.36. The maximum absolute atomic E-state index is 12.5. The van der Waals surface area contributed by atoms with Crippen LogP contribution in [0.1, 0.15) is 46.5 Å². The number of nitrogens with zero attached hydrogens (tertiary/aromatic N) is 2. The SMILES string of the molecule is CC[C@H](C)[C@H](C)N(C(=O)CCN1CCSC1=O)C1CC1. The summed E-state index contributed by atoms with van der Waals surface area (Å²) < 4.78 is 0. The van der Waals surface area contributed by atoms with E-state index in [1.165, 1.54) is 11.8 Å². The van der Waals surface area contributed by atoms with Crippen LogP contribution < -0.4 is 0 Å². The fraction of sp³-hybridized carbons (Fsp3) is 0.867. The zero-order valence-electron chi connectivity index (χ0n) is 12.8. The summed E-state index contributed by atoms with van der Waals surface area (Å²) in [4.78, 5) is 28.0. The van der Waals surface area contributed by atoms with E-state index in [0.717, 1.165) is 31.6 Å². The molecule has 0 aromatic carbocycles. The van der Waals surface area contributed by atoms with Crippen LogP contribution in [0.4, 0.5) is 4.79 Å². The second kappa shape index (κ2) is 6.83. The summed E-state index contributed by atoms with van der Waals surface area (Å²) in [5, 5.41) is 0.130. The van der Waals surface area contributed by atoms with E-state index in [-0.39, 0.29) is 11.1 Å². The summed E-state index contributed by atoms with van der Waals surface area (Å²) in [5.41, 5.74) is 0. The normalized spacial score (nSPS) is 21.9. The molecule has 114 valence electrons. The molecule has 1 aliphatic heterocycles. The third kappa shape index (κ3) is 3.68. The summed E-state index contributed by atoms with van der Waals surface area (Å²) in [6, 6.07) is 0.763. The van der Waals surface area contributed by atoms with Crippen LogP contribution in [-0.4, -0.2) is 51.9 Å². The molecule has 4 nitrogen and oxygen atoms in total. The van der Waals surface area contributed by atoms with E-state index in [9.17, 15) is 9.59 Å². The van der Waals surface area contributed by atoms with Crippen LogP contribution in [0.15, 0.2) is 0 Å². The molecule has 5 heteroatoms. The second-order valence-corrected chi connectivity index (χ2v) is 7.06. The van der Waals surface area contributed by atoms with Gasteiger partial charge >= 0.3 is 0 Å². The van der Waals surface area contributed by atoms with Gasteiger partial charge in [0, 0.05) is 37.3 Å². The first-order chi connectivity index (χ1) is 9.54. The van der Waals surface area contributed by atoms with Gasteiger partial charge in [-0.15, -0.1) is 0 Å². The van der Waals surface area contributed by atoms with Crippen molar-refractivity contribution in [2.45, 2.75) is 58.5 Å². The molecule has 2 fully saturated rings. The molecular formula is C15H26N2O2S.